The highest BCUT2D eigenvalue weighted by atomic mass is 19.4. The molecule has 0 spiro atoms. The molecule has 4 fully saturated rings. The highest BCUT2D eigenvalue weighted by Gasteiger charge is 2.52. The van der Waals surface area contributed by atoms with E-state index < -0.39 is 106 Å². The topological polar surface area (TPSA) is 104 Å². The molecule has 1 amide bonds. The summed E-state index contributed by atoms with van der Waals surface area (Å²) < 4.78 is 166. The number of alkyl halides is 9. The standard InChI is InChI=1S/C40H35F11N6O4/c1-2-25-27(41)6-3-20-13-24(58)14-26(28(20)25)31-30(42)32-29(34(52-31)60-19-38(43,44)45)33(56-15-22-4-5-23(16-56)57(22)35(59)40(49,50)51)54-36(53-32)61-18-37(9-10-37)17-55-11-7-21(8-12-55)39(46,47)48/h1,3,6,13-14,21-23,58H,4-5,7-12,15-19H2. The van der Waals surface area contributed by atoms with Gasteiger partial charge in [0, 0.05) is 36.0 Å². The van der Waals surface area contributed by atoms with Crippen LogP contribution in [0.15, 0.2) is 24.3 Å². The molecule has 3 aliphatic heterocycles. The van der Waals surface area contributed by atoms with Crippen molar-refractivity contribution >= 4 is 33.4 Å². The lowest BCUT2D eigenvalue weighted by Gasteiger charge is -2.42. The number of nitrogens with zero attached hydrogens (tertiary/aromatic N) is 6. The summed E-state index contributed by atoms with van der Waals surface area (Å²) >= 11 is 0. The molecule has 2 atom stereocenters. The van der Waals surface area contributed by atoms with Gasteiger partial charge in [-0.15, -0.1) is 6.42 Å². The molecule has 0 radical (unpaired) electrons. The minimum absolute atomic E-state index is 0.0836. The van der Waals surface area contributed by atoms with Crippen LogP contribution in [0.2, 0.25) is 0 Å². The number of aromatic nitrogens is 3. The van der Waals surface area contributed by atoms with E-state index in [-0.39, 0.29) is 80.6 Å². The third-order valence-corrected chi connectivity index (χ3v) is 11.9. The number of pyridine rings is 1. The van der Waals surface area contributed by atoms with Crippen molar-refractivity contribution in [1.29, 1.82) is 0 Å². The molecule has 21 heteroatoms. The van der Waals surface area contributed by atoms with Gasteiger partial charge in [-0.1, -0.05) is 12.0 Å². The van der Waals surface area contributed by atoms with E-state index in [9.17, 15) is 49.4 Å². The van der Waals surface area contributed by atoms with Gasteiger partial charge in [0.05, 0.1) is 30.2 Å². The normalized spacial score (nSPS) is 21.0. The second-order valence-electron chi connectivity index (χ2n) is 16.1. The molecular weight excluding hydrogens is 837 g/mol. The van der Waals surface area contributed by atoms with E-state index in [1.807, 2.05) is 4.90 Å². The van der Waals surface area contributed by atoms with Crippen molar-refractivity contribution in [3.05, 3.63) is 41.5 Å². The number of piperidine rings is 1. The van der Waals surface area contributed by atoms with Crippen molar-refractivity contribution in [3.63, 3.8) is 0 Å². The van der Waals surface area contributed by atoms with E-state index >= 15 is 8.78 Å². The average molecular weight is 873 g/mol. The Kier molecular flexibility index (Phi) is 10.5. The van der Waals surface area contributed by atoms with Crippen LogP contribution in [-0.2, 0) is 4.79 Å². The number of likely N-dealkylation sites (tertiary alicyclic amines) is 1. The van der Waals surface area contributed by atoms with Gasteiger partial charge in [-0.2, -0.15) is 49.5 Å². The van der Waals surface area contributed by atoms with Crippen LogP contribution in [0.25, 0.3) is 32.9 Å². The third-order valence-electron chi connectivity index (χ3n) is 11.9. The van der Waals surface area contributed by atoms with E-state index in [0.29, 0.717) is 24.3 Å². The molecule has 61 heavy (non-hydrogen) atoms. The number of carbonyl (C=O) groups excluding carboxylic acids is 1. The molecule has 2 unspecified atom stereocenters. The summed E-state index contributed by atoms with van der Waals surface area (Å²) in [6.07, 6.45) is -7.58. The Morgan fingerprint density at radius 2 is 1.57 bits per heavy atom. The Morgan fingerprint density at radius 3 is 2.16 bits per heavy atom. The van der Waals surface area contributed by atoms with Gasteiger partial charge in [-0.25, -0.2) is 13.8 Å². The number of terminal acetylenes is 1. The maximum absolute atomic E-state index is 17.3. The molecule has 4 aliphatic rings. The van der Waals surface area contributed by atoms with Crippen molar-refractivity contribution in [2.45, 2.75) is 69.1 Å². The zero-order valence-corrected chi connectivity index (χ0v) is 31.8. The first-order chi connectivity index (χ1) is 28.6. The number of fused-ring (bicyclic) bond motifs is 4. The SMILES string of the molecule is C#Cc1c(F)ccc2cc(O)cc(-c3nc(OCC(F)(F)F)c4c(N5CC6CCC(C5)N6C(=O)C(F)(F)F)nc(OCC5(CN6CCC(C(F)(F)F)CC6)CC5)nc4c3F)c12. The van der Waals surface area contributed by atoms with Crippen LogP contribution >= 0.6 is 0 Å². The van der Waals surface area contributed by atoms with Gasteiger partial charge in [0.2, 0.25) is 5.88 Å². The summed E-state index contributed by atoms with van der Waals surface area (Å²) in [6.45, 7) is -2.01. The minimum Gasteiger partial charge on any atom is -0.508 e. The largest absolute Gasteiger partial charge is 0.508 e. The van der Waals surface area contributed by atoms with Gasteiger partial charge >= 0.3 is 30.4 Å². The monoisotopic (exact) mass is 872 g/mol. The summed E-state index contributed by atoms with van der Waals surface area (Å²) in [5.41, 5.74) is -2.81. The van der Waals surface area contributed by atoms with Crippen molar-refractivity contribution in [2.75, 3.05) is 50.8 Å². The molecule has 4 aromatic rings. The van der Waals surface area contributed by atoms with E-state index in [2.05, 4.69) is 20.9 Å². The molecule has 2 aromatic carbocycles. The highest BCUT2D eigenvalue weighted by Crippen LogP contribution is 2.49. The highest BCUT2D eigenvalue weighted by molar-refractivity contribution is 6.04. The predicted octanol–water partition coefficient (Wildman–Crippen LogP) is 7.93. The van der Waals surface area contributed by atoms with Crippen LogP contribution in [-0.4, -0.2) is 112 Å². The lowest BCUT2D eigenvalue weighted by atomic mass is 9.95. The lowest BCUT2D eigenvalue weighted by molar-refractivity contribution is -0.188. The van der Waals surface area contributed by atoms with Crippen molar-refractivity contribution in [1.82, 2.24) is 24.8 Å². The van der Waals surface area contributed by atoms with Crippen LogP contribution < -0.4 is 14.4 Å². The maximum atomic E-state index is 17.3. The number of anilines is 1. The summed E-state index contributed by atoms with van der Waals surface area (Å²) in [5.74, 6) is -5.28. The van der Waals surface area contributed by atoms with Gasteiger partial charge in [-0.05, 0) is 75.2 Å². The summed E-state index contributed by atoms with van der Waals surface area (Å²) in [7, 11) is 0. The molecule has 8 rings (SSSR count). The number of phenols is 1. The van der Waals surface area contributed by atoms with E-state index in [0.717, 1.165) is 12.1 Å². The number of piperazine rings is 1. The van der Waals surface area contributed by atoms with Crippen LogP contribution in [0.3, 0.4) is 0 Å². The Labute approximate surface area is 339 Å². The number of halogens is 11. The van der Waals surface area contributed by atoms with E-state index in [4.69, 9.17) is 15.9 Å². The number of carbonyl (C=O) groups is 1. The van der Waals surface area contributed by atoms with Crippen LogP contribution in [0.4, 0.5) is 54.1 Å². The van der Waals surface area contributed by atoms with Crippen LogP contribution in [0.5, 0.6) is 17.6 Å². The number of hydrogen-bond acceptors (Lipinski definition) is 9. The number of amides is 1. The van der Waals surface area contributed by atoms with Gasteiger partial charge in [0.15, 0.2) is 12.4 Å². The number of benzene rings is 2. The number of ether oxygens (including phenoxy) is 2. The van der Waals surface area contributed by atoms with Crippen molar-refractivity contribution < 1.29 is 67.7 Å². The second-order valence-corrected chi connectivity index (χ2v) is 16.1. The van der Waals surface area contributed by atoms with Crippen LogP contribution in [0.1, 0.15) is 44.1 Å². The Balaban J connectivity index is 1.24. The molecule has 10 nitrogen and oxygen atoms in total. The molecule has 2 bridgehead atoms. The number of rotatable bonds is 9. The first-order valence-electron chi connectivity index (χ1n) is 19.2. The molecule has 3 saturated heterocycles. The summed E-state index contributed by atoms with van der Waals surface area (Å²) in [5, 5.41) is 10.1. The first kappa shape index (κ1) is 42.3. The second kappa shape index (κ2) is 15.2. The van der Waals surface area contributed by atoms with E-state index in [1.54, 1.807) is 0 Å². The maximum Gasteiger partial charge on any atom is 0.471 e. The third kappa shape index (κ3) is 8.34. The van der Waals surface area contributed by atoms with Gasteiger partial charge in [0.25, 0.3) is 0 Å². The van der Waals surface area contributed by atoms with Gasteiger partial charge in [-0.3, -0.25) is 4.79 Å². The average Bonchev–Trinajstić information content (AvgIpc) is 3.90. The quantitative estimate of drug-likeness (QED) is 0.133. The summed E-state index contributed by atoms with van der Waals surface area (Å²) in [6, 6.07) is 1.80. The van der Waals surface area contributed by atoms with Gasteiger partial charge in [0.1, 0.15) is 34.0 Å². The zero-order chi connectivity index (χ0) is 43.8. The molecule has 5 heterocycles. The van der Waals surface area contributed by atoms with Gasteiger partial charge < -0.3 is 29.3 Å². The first-order valence-corrected chi connectivity index (χ1v) is 19.2. The molecule has 1 saturated carbocycles. The fourth-order valence-electron chi connectivity index (χ4n) is 8.77. The molecule has 1 aliphatic carbocycles. The lowest BCUT2D eigenvalue weighted by Crippen LogP contribution is -2.59. The smallest absolute Gasteiger partial charge is 0.471 e. The van der Waals surface area contributed by atoms with Crippen molar-refractivity contribution in [2.24, 2.45) is 11.3 Å². The predicted molar refractivity (Wildman–Crippen MR) is 196 cm³/mol. The van der Waals surface area contributed by atoms with Crippen molar-refractivity contribution in [3.8, 4) is 41.2 Å². The number of phenolic OH excluding ortho intramolecular Hbond substituents is 1. The molecule has 326 valence electrons. The zero-order valence-electron chi connectivity index (χ0n) is 31.8. The summed E-state index contributed by atoms with van der Waals surface area (Å²) in [4.78, 5) is 29.3. The fourth-order valence-corrected chi connectivity index (χ4v) is 8.77. The Morgan fingerprint density at radius 1 is 0.902 bits per heavy atom. The molecular formula is C40H35F11N6O4. The fraction of sp³-hybridized carbons (Fsp3) is 0.500. The minimum atomic E-state index is -5.20. The number of hydrogen-bond donors (Lipinski definition) is 1. The molecule has 1 N–H and O–H groups in total. The Hall–Kier alpha value is -5.39. The Bertz CT molecular complexity index is 2410. The molecule has 2 aromatic heterocycles. The van der Waals surface area contributed by atoms with Crippen LogP contribution in [0, 0.1) is 35.3 Å². The number of aromatic hydroxyl groups is 1. The van der Waals surface area contributed by atoms with E-state index in [1.165, 1.54) is 17.0 Å².